The third-order valence-electron chi connectivity index (χ3n) is 4.68. The second-order valence-corrected chi connectivity index (χ2v) is 8.74. The highest BCUT2D eigenvalue weighted by atomic mass is 32.2. The van der Waals surface area contributed by atoms with Crippen LogP contribution in [0.3, 0.4) is 0 Å². The van der Waals surface area contributed by atoms with Gasteiger partial charge in [-0.25, -0.2) is 8.42 Å². The highest BCUT2D eigenvalue weighted by molar-refractivity contribution is 7.89. The number of alkyl halides is 3. The number of hydrogen-bond donors (Lipinski definition) is 0. The van der Waals surface area contributed by atoms with Crippen LogP contribution in [0.15, 0.2) is 45.9 Å². The van der Waals surface area contributed by atoms with Crippen LogP contribution in [0.5, 0.6) is 5.75 Å². The van der Waals surface area contributed by atoms with Gasteiger partial charge in [-0.1, -0.05) is 0 Å². The van der Waals surface area contributed by atoms with Crippen LogP contribution in [0, 0.1) is 0 Å². The fourth-order valence-corrected chi connectivity index (χ4v) is 4.97. The molecule has 1 aromatic carbocycles. The number of hydrogen-bond acceptors (Lipinski definition) is 5. The van der Waals surface area contributed by atoms with E-state index in [-0.39, 0.29) is 22.0 Å². The van der Waals surface area contributed by atoms with E-state index in [1.165, 1.54) is 41.9 Å². The molecule has 0 bridgehead atoms. The van der Waals surface area contributed by atoms with Crippen molar-refractivity contribution in [2.24, 2.45) is 0 Å². The highest BCUT2D eigenvalue weighted by Gasteiger charge is 2.35. The third kappa shape index (κ3) is 4.96. The third-order valence-corrected chi connectivity index (χ3v) is 6.60. The minimum atomic E-state index is -4.64. The van der Waals surface area contributed by atoms with Crippen LogP contribution < -0.4 is 4.74 Å². The highest BCUT2D eigenvalue weighted by Crippen LogP contribution is 2.31. The summed E-state index contributed by atoms with van der Waals surface area (Å²) in [7, 11) is -2.67. The number of halogens is 3. The number of rotatable bonds is 7. The molecule has 1 aliphatic heterocycles. The Balaban J connectivity index is 1.97. The van der Waals surface area contributed by atoms with E-state index in [9.17, 15) is 26.4 Å². The van der Waals surface area contributed by atoms with Crippen LogP contribution in [0.1, 0.15) is 29.0 Å². The van der Waals surface area contributed by atoms with Crippen molar-refractivity contribution in [2.75, 3.05) is 26.7 Å². The summed E-state index contributed by atoms with van der Waals surface area (Å²) >= 11 is 0. The number of ether oxygens (including phenoxy) is 1. The van der Waals surface area contributed by atoms with Gasteiger partial charge in [0.25, 0.3) is 5.91 Å². The van der Waals surface area contributed by atoms with Gasteiger partial charge in [-0.05, 0) is 43.2 Å². The molecule has 0 N–H and O–H groups in total. The van der Waals surface area contributed by atoms with E-state index in [0.717, 1.165) is 6.07 Å². The predicted octanol–water partition coefficient (Wildman–Crippen LogP) is 3.28. The van der Waals surface area contributed by atoms with Crippen molar-refractivity contribution >= 4 is 15.9 Å². The van der Waals surface area contributed by atoms with Crippen LogP contribution in [0.2, 0.25) is 0 Å². The van der Waals surface area contributed by atoms with Crippen LogP contribution in [0.4, 0.5) is 13.2 Å². The van der Waals surface area contributed by atoms with Gasteiger partial charge in [-0.2, -0.15) is 17.5 Å². The number of nitrogens with zero attached hydrogens (tertiary/aromatic N) is 2. The van der Waals surface area contributed by atoms with Gasteiger partial charge in [0.05, 0.1) is 19.9 Å². The van der Waals surface area contributed by atoms with Crippen LogP contribution >= 0.6 is 0 Å². The molecule has 3 rings (SSSR count). The Morgan fingerprint density at radius 1 is 1.23 bits per heavy atom. The molecule has 0 aliphatic carbocycles. The molecule has 2 heterocycles. The number of carbonyl (C=O) groups excluding carboxylic acids is 1. The first kappa shape index (κ1) is 22.2. The summed E-state index contributed by atoms with van der Waals surface area (Å²) in [5.74, 6) is -0.776. The molecule has 1 saturated heterocycles. The monoisotopic (exact) mass is 446 g/mol. The van der Waals surface area contributed by atoms with E-state index in [2.05, 4.69) is 0 Å². The Bertz CT molecular complexity index is 984. The number of benzene rings is 1. The number of furan rings is 1. The molecule has 0 atom stereocenters. The number of methoxy groups -OCH3 is 1. The fraction of sp³-hybridized carbons (Fsp3) is 0.421. The van der Waals surface area contributed by atoms with E-state index in [1.807, 2.05) is 0 Å². The lowest BCUT2D eigenvalue weighted by atomic mass is 10.2. The molecular weight excluding hydrogens is 425 g/mol. The van der Waals surface area contributed by atoms with E-state index >= 15 is 0 Å². The largest absolute Gasteiger partial charge is 0.495 e. The van der Waals surface area contributed by atoms with Crippen molar-refractivity contribution in [1.82, 2.24) is 9.21 Å². The van der Waals surface area contributed by atoms with Gasteiger partial charge in [0, 0.05) is 18.7 Å². The molecule has 30 heavy (non-hydrogen) atoms. The van der Waals surface area contributed by atoms with E-state index in [0.29, 0.717) is 30.8 Å². The Labute approximate surface area is 172 Å². The zero-order valence-corrected chi connectivity index (χ0v) is 17.0. The quantitative estimate of drug-likeness (QED) is 0.652. The summed E-state index contributed by atoms with van der Waals surface area (Å²) in [5, 5.41) is 0. The first-order valence-electron chi connectivity index (χ1n) is 9.18. The normalized spacial score (nSPS) is 15.3. The van der Waals surface area contributed by atoms with Crippen LogP contribution in [0.25, 0.3) is 0 Å². The first-order valence-corrected chi connectivity index (χ1v) is 10.6. The average molecular weight is 446 g/mol. The maximum atomic E-state index is 13.1. The molecular formula is C19H21F3N2O5S. The molecule has 0 radical (unpaired) electrons. The smallest absolute Gasteiger partial charge is 0.406 e. The van der Waals surface area contributed by atoms with Crippen molar-refractivity contribution in [1.29, 1.82) is 0 Å². The lowest BCUT2D eigenvalue weighted by molar-refractivity contribution is -0.142. The van der Waals surface area contributed by atoms with Gasteiger partial charge < -0.3 is 14.1 Å². The molecule has 1 amide bonds. The standard InChI is InChI=1S/C19H21F3N2O5S/c1-28-16-7-6-14(11-17(16)30(26,27)24-8-2-3-9-24)18(25)23(13-19(20,21)22)12-15-5-4-10-29-15/h4-7,10-11H,2-3,8-9,12-13H2,1H3. The maximum Gasteiger partial charge on any atom is 0.406 e. The first-order chi connectivity index (χ1) is 14.1. The van der Waals surface area contributed by atoms with Crippen molar-refractivity contribution in [3.8, 4) is 5.75 Å². The van der Waals surface area contributed by atoms with Gasteiger partial charge in [-0.15, -0.1) is 0 Å². The predicted molar refractivity (Wildman–Crippen MR) is 100 cm³/mol. The molecule has 2 aromatic rings. The van der Waals surface area contributed by atoms with Crippen molar-refractivity contribution in [3.05, 3.63) is 47.9 Å². The maximum absolute atomic E-state index is 13.1. The van der Waals surface area contributed by atoms with Gasteiger partial charge in [0.15, 0.2) is 0 Å². The molecule has 0 spiro atoms. The van der Waals surface area contributed by atoms with Gasteiger partial charge in [0.2, 0.25) is 10.0 Å². The molecule has 11 heteroatoms. The second kappa shape index (κ2) is 8.68. The van der Waals surface area contributed by atoms with Gasteiger partial charge in [-0.3, -0.25) is 4.79 Å². The number of amides is 1. The lowest BCUT2D eigenvalue weighted by Gasteiger charge is -2.24. The summed E-state index contributed by atoms with van der Waals surface area (Å²) in [6, 6.07) is 6.54. The SMILES string of the molecule is COc1ccc(C(=O)N(Cc2ccco2)CC(F)(F)F)cc1S(=O)(=O)N1CCCC1. The molecule has 1 fully saturated rings. The average Bonchev–Trinajstić information content (AvgIpc) is 3.39. The van der Waals surface area contributed by atoms with Crippen molar-refractivity contribution in [2.45, 2.75) is 30.5 Å². The Kier molecular flexibility index (Phi) is 6.41. The summed E-state index contributed by atoms with van der Waals surface area (Å²) in [6.07, 6.45) is -1.93. The lowest BCUT2D eigenvalue weighted by Crippen LogP contribution is -2.38. The Hall–Kier alpha value is -2.53. The summed E-state index contributed by atoms with van der Waals surface area (Å²) in [6.45, 7) is -1.25. The zero-order valence-electron chi connectivity index (χ0n) is 16.2. The molecule has 0 saturated carbocycles. The molecule has 164 valence electrons. The van der Waals surface area contributed by atoms with E-state index in [1.54, 1.807) is 0 Å². The Morgan fingerprint density at radius 3 is 2.50 bits per heavy atom. The van der Waals surface area contributed by atoms with E-state index in [4.69, 9.17) is 9.15 Å². The summed E-state index contributed by atoms with van der Waals surface area (Å²) in [4.78, 5) is 13.2. The molecule has 1 aliphatic rings. The van der Waals surface area contributed by atoms with E-state index < -0.39 is 35.2 Å². The zero-order chi connectivity index (χ0) is 21.9. The summed E-state index contributed by atoms with van der Waals surface area (Å²) < 4.78 is 76.6. The minimum Gasteiger partial charge on any atom is -0.495 e. The number of sulfonamides is 1. The van der Waals surface area contributed by atoms with Crippen molar-refractivity contribution in [3.63, 3.8) is 0 Å². The Morgan fingerprint density at radius 2 is 1.93 bits per heavy atom. The topological polar surface area (TPSA) is 80.1 Å². The van der Waals surface area contributed by atoms with Crippen LogP contribution in [-0.2, 0) is 16.6 Å². The van der Waals surface area contributed by atoms with Gasteiger partial charge >= 0.3 is 6.18 Å². The molecule has 7 nitrogen and oxygen atoms in total. The van der Waals surface area contributed by atoms with Crippen LogP contribution in [-0.4, -0.2) is 56.5 Å². The van der Waals surface area contributed by atoms with Crippen molar-refractivity contribution < 1.29 is 35.5 Å². The minimum absolute atomic E-state index is 0.0202. The molecule has 0 unspecified atom stereocenters. The fourth-order valence-electron chi connectivity index (χ4n) is 3.27. The summed E-state index contributed by atoms with van der Waals surface area (Å²) in [5.41, 5.74) is -0.190. The second-order valence-electron chi connectivity index (χ2n) is 6.83. The molecule has 1 aromatic heterocycles. The van der Waals surface area contributed by atoms with Gasteiger partial charge in [0.1, 0.15) is 22.9 Å². The number of carbonyl (C=O) groups is 1.